The Morgan fingerprint density at radius 1 is 1.10 bits per heavy atom. The summed E-state index contributed by atoms with van der Waals surface area (Å²) in [5, 5.41) is 6.92. The molecule has 31 heavy (non-hydrogen) atoms. The lowest BCUT2D eigenvalue weighted by atomic mass is 9.65. The molecule has 0 radical (unpaired) electrons. The Kier molecular flexibility index (Phi) is 4.35. The third-order valence-electron chi connectivity index (χ3n) is 5.70. The summed E-state index contributed by atoms with van der Waals surface area (Å²) >= 11 is 12.7. The van der Waals surface area contributed by atoms with E-state index in [9.17, 15) is 14.4 Å². The predicted octanol–water partition coefficient (Wildman–Crippen LogP) is 2.98. The largest absolute Gasteiger partial charge is 0.454 e. The van der Waals surface area contributed by atoms with E-state index in [4.69, 9.17) is 33.7 Å². The molecule has 2 aliphatic rings. The number of benzene rings is 2. The highest BCUT2D eigenvalue weighted by Crippen LogP contribution is 2.52. The Labute approximate surface area is 184 Å². The minimum absolute atomic E-state index is 0.0180. The highest BCUT2D eigenvalue weighted by atomic mass is 35.5. The van der Waals surface area contributed by atoms with Gasteiger partial charge in [-0.05, 0) is 48.7 Å². The molecule has 4 N–H and O–H groups in total. The van der Waals surface area contributed by atoms with Crippen LogP contribution in [0.25, 0.3) is 5.69 Å². The fraction of sp³-hybridized carbons (Fsp3) is 0.200. The third kappa shape index (κ3) is 3.00. The minimum Gasteiger partial charge on any atom is -0.454 e. The average Bonchev–Trinajstić information content (AvgIpc) is 2.98. The van der Waals surface area contributed by atoms with Gasteiger partial charge in [-0.2, -0.15) is 4.68 Å². The second-order valence-corrected chi connectivity index (χ2v) is 8.31. The number of fused-ring (bicyclic) bond motifs is 2. The Hall–Kier alpha value is -3.30. The zero-order valence-electron chi connectivity index (χ0n) is 15.9. The van der Waals surface area contributed by atoms with Crippen LogP contribution in [0, 0.1) is 0 Å². The molecular weight excluding hydrogens is 445 g/mol. The van der Waals surface area contributed by atoms with Gasteiger partial charge in [0.25, 0.3) is 5.56 Å². The maximum Gasteiger partial charge on any atom is 0.349 e. The fourth-order valence-electron chi connectivity index (χ4n) is 3.95. The summed E-state index contributed by atoms with van der Waals surface area (Å²) < 4.78 is 6.81. The molecule has 1 spiro atoms. The van der Waals surface area contributed by atoms with Crippen LogP contribution in [0.2, 0.25) is 10.0 Å². The molecule has 1 aliphatic heterocycles. The number of nitrogen functional groups attached to an aromatic ring is 1. The summed E-state index contributed by atoms with van der Waals surface area (Å²) in [5.41, 5.74) is 5.33. The number of carbonyl (C=O) groups is 1. The fourth-order valence-corrected chi connectivity index (χ4v) is 4.51. The third-order valence-corrected chi connectivity index (χ3v) is 6.26. The number of hydrogen-bond acceptors (Lipinski definition) is 6. The SMILES string of the molecule is Nc1nn(-c2cc(Cl)c(Oc3ccc4c(c3)C3(CCC3)C(=O)N4)c(Cl)c2)c(=O)[nH]c1=O. The zero-order valence-corrected chi connectivity index (χ0v) is 17.4. The van der Waals surface area contributed by atoms with Gasteiger partial charge in [-0.15, -0.1) is 5.10 Å². The Balaban J connectivity index is 1.51. The maximum absolute atomic E-state index is 12.4. The van der Waals surface area contributed by atoms with Gasteiger partial charge in [-0.3, -0.25) is 14.6 Å². The van der Waals surface area contributed by atoms with Crippen molar-refractivity contribution in [2.45, 2.75) is 24.7 Å². The van der Waals surface area contributed by atoms with Crippen molar-refractivity contribution in [3.05, 3.63) is 66.8 Å². The first-order valence-corrected chi connectivity index (χ1v) is 10.2. The molecule has 158 valence electrons. The molecule has 2 aromatic carbocycles. The van der Waals surface area contributed by atoms with Crippen molar-refractivity contribution >= 4 is 40.6 Å². The lowest BCUT2D eigenvalue weighted by Crippen LogP contribution is -2.40. The number of anilines is 2. The Morgan fingerprint density at radius 2 is 1.81 bits per heavy atom. The van der Waals surface area contributed by atoms with Gasteiger partial charge in [0.05, 0.1) is 21.1 Å². The number of carbonyl (C=O) groups excluding carboxylic acids is 1. The summed E-state index contributed by atoms with van der Waals surface area (Å²) in [7, 11) is 0. The molecule has 5 rings (SSSR count). The van der Waals surface area contributed by atoms with Crippen molar-refractivity contribution < 1.29 is 9.53 Å². The van der Waals surface area contributed by atoms with E-state index in [0.717, 1.165) is 35.2 Å². The van der Waals surface area contributed by atoms with Crippen LogP contribution in [0.15, 0.2) is 39.9 Å². The topological polar surface area (TPSA) is 132 Å². The van der Waals surface area contributed by atoms with E-state index in [1.54, 1.807) is 12.1 Å². The number of nitrogens with one attached hydrogen (secondary N) is 2. The van der Waals surface area contributed by atoms with E-state index in [0.29, 0.717) is 5.75 Å². The number of nitrogens with two attached hydrogens (primary N) is 1. The maximum atomic E-state index is 12.4. The number of hydrogen-bond donors (Lipinski definition) is 3. The summed E-state index contributed by atoms with van der Waals surface area (Å²) in [6, 6.07) is 8.16. The molecule has 9 nitrogen and oxygen atoms in total. The van der Waals surface area contributed by atoms with Crippen molar-refractivity contribution in [1.29, 1.82) is 0 Å². The summed E-state index contributed by atoms with van der Waals surface area (Å²) in [4.78, 5) is 38.0. The van der Waals surface area contributed by atoms with E-state index in [-0.39, 0.29) is 33.2 Å². The number of nitrogens with zero attached hydrogens (tertiary/aromatic N) is 2. The van der Waals surface area contributed by atoms with Crippen LogP contribution in [-0.4, -0.2) is 20.7 Å². The summed E-state index contributed by atoms with van der Waals surface area (Å²) in [6.45, 7) is 0. The molecule has 1 saturated carbocycles. The number of ether oxygens (including phenoxy) is 1. The first-order chi connectivity index (χ1) is 14.8. The molecule has 3 aromatic rings. The van der Waals surface area contributed by atoms with Crippen LogP contribution in [0.5, 0.6) is 11.5 Å². The van der Waals surface area contributed by atoms with E-state index in [1.807, 2.05) is 6.07 Å². The second-order valence-electron chi connectivity index (χ2n) is 7.49. The molecule has 0 bridgehead atoms. The van der Waals surface area contributed by atoms with Crippen LogP contribution in [-0.2, 0) is 10.2 Å². The Bertz CT molecular complexity index is 1350. The number of halogens is 2. The van der Waals surface area contributed by atoms with Gasteiger partial charge in [0.15, 0.2) is 5.75 Å². The first kappa shape index (κ1) is 19.7. The Morgan fingerprint density at radius 3 is 2.45 bits per heavy atom. The second kappa shape index (κ2) is 6.86. The smallest absolute Gasteiger partial charge is 0.349 e. The van der Waals surface area contributed by atoms with Crippen LogP contribution >= 0.6 is 23.2 Å². The van der Waals surface area contributed by atoms with E-state index in [1.165, 1.54) is 12.1 Å². The molecule has 2 heterocycles. The summed E-state index contributed by atoms with van der Waals surface area (Å²) in [5.74, 6) is 0.293. The standard InChI is InChI=1S/C20H15Cl2N5O4/c21-12-6-9(27-19(30)25-17(28)16(23)26-27)7-13(22)15(12)31-10-2-3-14-11(8-10)20(4-1-5-20)18(29)24-14/h2-3,6-8H,1,4-5H2,(H2,23,26)(H,24,29)(H,25,28,30). The van der Waals surface area contributed by atoms with Crippen molar-refractivity contribution in [3.8, 4) is 17.2 Å². The van der Waals surface area contributed by atoms with E-state index in [2.05, 4.69) is 15.4 Å². The molecule has 1 aliphatic carbocycles. The highest BCUT2D eigenvalue weighted by Gasteiger charge is 2.51. The van der Waals surface area contributed by atoms with Gasteiger partial charge in [0.2, 0.25) is 11.7 Å². The van der Waals surface area contributed by atoms with Crippen LogP contribution < -0.4 is 27.0 Å². The van der Waals surface area contributed by atoms with Crippen LogP contribution in [0.3, 0.4) is 0 Å². The quantitative estimate of drug-likeness (QED) is 0.551. The molecule has 11 heteroatoms. The number of amides is 1. The molecule has 1 aromatic heterocycles. The van der Waals surface area contributed by atoms with E-state index >= 15 is 0 Å². The molecule has 0 saturated heterocycles. The number of aromatic nitrogens is 3. The average molecular weight is 460 g/mol. The lowest BCUT2D eigenvalue weighted by molar-refractivity contribution is -0.123. The van der Waals surface area contributed by atoms with Gasteiger partial charge in [-0.25, -0.2) is 4.79 Å². The monoisotopic (exact) mass is 459 g/mol. The summed E-state index contributed by atoms with van der Waals surface area (Å²) in [6.07, 6.45) is 2.60. The van der Waals surface area contributed by atoms with Gasteiger partial charge >= 0.3 is 5.69 Å². The predicted molar refractivity (Wildman–Crippen MR) is 116 cm³/mol. The minimum atomic E-state index is -0.790. The van der Waals surface area contributed by atoms with E-state index < -0.39 is 16.7 Å². The van der Waals surface area contributed by atoms with Crippen LogP contribution in [0.4, 0.5) is 11.5 Å². The van der Waals surface area contributed by atoms with Crippen molar-refractivity contribution in [2.24, 2.45) is 0 Å². The molecule has 1 fully saturated rings. The normalized spacial score (nSPS) is 16.0. The molecular formula is C20H15Cl2N5O4. The number of aromatic amines is 1. The van der Waals surface area contributed by atoms with Gasteiger partial charge < -0.3 is 15.8 Å². The van der Waals surface area contributed by atoms with Crippen LogP contribution in [0.1, 0.15) is 24.8 Å². The van der Waals surface area contributed by atoms with Crippen molar-refractivity contribution in [3.63, 3.8) is 0 Å². The molecule has 0 unspecified atom stereocenters. The highest BCUT2D eigenvalue weighted by molar-refractivity contribution is 6.37. The first-order valence-electron chi connectivity index (χ1n) is 9.41. The van der Waals surface area contributed by atoms with Gasteiger partial charge in [-0.1, -0.05) is 29.6 Å². The molecule has 1 amide bonds. The molecule has 0 atom stereocenters. The zero-order chi connectivity index (χ0) is 21.9. The van der Waals surface area contributed by atoms with Crippen molar-refractivity contribution in [1.82, 2.24) is 14.8 Å². The van der Waals surface area contributed by atoms with Gasteiger partial charge in [0.1, 0.15) is 5.75 Å². The number of rotatable bonds is 3. The lowest BCUT2D eigenvalue weighted by Gasteiger charge is -2.36. The number of H-pyrrole nitrogens is 1. The van der Waals surface area contributed by atoms with Gasteiger partial charge in [0, 0.05) is 5.69 Å². The van der Waals surface area contributed by atoms with Crippen molar-refractivity contribution in [2.75, 3.05) is 11.1 Å².